The molecule has 0 atom stereocenters. The molecule has 0 bridgehead atoms. The van der Waals surface area contributed by atoms with E-state index in [9.17, 15) is 0 Å². The normalized spacial score (nSPS) is 12.6. The zero-order chi connectivity index (χ0) is 50.1. The van der Waals surface area contributed by atoms with E-state index in [2.05, 4.69) is 164 Å². The van der Waals surface area contributed by atoms with Crippen molar-refractivity contribution in [3.63, 3.8) is 0 Å². The lowest BCUT2D eigenvalue weighted by Gasteiger charge is -1.91. The van der Waals surface area contributed by atoms with E-state index in [1.807, 2.05) is 130 Å². The maximum absolute atomic E-state index is 3.90. The number of hydrogen-bond donors (Lipinski definition) is 0. The number of para-hydroxylation sites is 2. The van der Waals surface area contributed by atoms with Crippen LogP contribution < -0.4 is 23.0 Å². The van der Waals surface area contributed by atoms with Crippen LogP contribution in [0.3, 0.4) is 0 Å². The number of aromatic nitrogens is 10. The topological polar surface area (TPSA) is 95.9 Å². The number of fused-ring (bicyclic) bond motifs is 2. The van der Waals surface area contributed by atoms with Gasteiger partial charge in [-0.25, -0.2) is 36.6 Å². The molecule has 5 aromatic heterocycles. The highest BCUT2D eigenvalue weighted by Gasteiger charge is 2.22. The van der Waals surface area contributed by atoms with E-state index in [1.165, 1.54) is 40.3 Å². The van der Waals surface area contributed by atoms with Crippen LogP contribution in [-0.4, -0.2) is 95.4 Å². The Balaban J connectivity index is 0.000000207. The van der Waals surface area contributed by atoms with Crippen LogP contribution in [0.2, 0.25) is 0 Å². The molecule has 0 saturated carbocycles. The molecule has 14 heteroatoms. The van der Waals surface area contributed by atoms with E-state index in [-0.39, 0.29) is 0 Å². The zero-order valence-corrected chi connectivity index (χ0v) is 42.7. The summed E-state index contributed by atoms with van der Waals surface area (Å²) in [6.45, 7) is 4.32. The predicted octanol–water partition coefficient (Wildman–Crippen LogP) is 4.72. The molecule has 69 heavy (non-hydrogen) atoms. The summed E-state index contributed by atoms with van der Waals surface area (Å²) < 4.78 is 18.0. The zero-order valence-electron chi connectivity index (χ0n) is 42.7. The van der Waals surface area contributed by atoms with Crippen LogP contribution in [0.15, 0.2) is 197 Å². The Morgan fingerprint density at radius 2 is 1.07 bits per heavy atom. The maximum atomic E-state index is 3.90. The molecule has 7 aromatic rings. The third-order valence-electron chi connectivity index (χ3n) is 10.3. The number of allylic oxidation sites excluding steroid dienone is 2. The summed E-state index contributed by atoms with van der Waals surface area (Å²) in [5, 5.41) is 3.90. The summed E-state index contributed by atoms with van der Waals surface area (Å²) in [6, 6.07) is 28.8. The molecule has 0 N–H and O–H groups in total. The summed E-state index contributed by atoms with van der Waals surface area (Å²) in [5.41, 5.74) is 8.47. The maximum Gasteiger partial charge on any atom is 0.285 e. The molecule has 0 amide bonds. The van der Waals surface area contributed by atoms with Crippen LogP contribution in [0.1, 0.15) is 37.8 Å². The molecule has 0 radical (unpaired) electrons. The molecule has 14 nitrogen and oxygen atoms in total. The highest BCUT2D eigenvalue weighted by molar-refractivity contribution is 5.84. The quantitative estimate of drug-likeness (QED) is 0.206. The standard InChI is InChI=1S/C10H12N.C9H10N.C6H10N.C6H8N.3C5H7N2.C5H8N.C4H6N3/c1-8-7-9-5-3-4-6-10(9)11(8)2;1-10-7-6-8-4-2-3-5-9(8)10;1-6-4-3-5-7(6)2;1-7-5-3-2-4-6-7;1-7-4-2-6-3-5-7;1-7-4-2-3-6-5-7;1-7-5-3-2-4-6-7;1-6-4-2-3-5-6;1-7-3-5-2-6-4-7/h3-6H,7H2,1-2H3;2-5,7H,6H2,1H3;3,5H,4H2,1-2H3;2-6H,1H3;3*2-5H,1H3;2,4-5H,3H2,1H3;2-4H,1H3/q9*+1. The van der Waals surface area contributed by atoms with Crippen molar-refractivity contribution in [2.24, 2.45) is 35.2 Å². The van der Waals surface area contributed by atoms with Crippen molar-refractivity contribution in [2.75, 3.05) is 28.2 Å². The molecule has 4 aliphatic heterocycles. The summed E-state index contributed by atoms with van der Waals surface area (Å²) >= 11 is 0. The van der Waals surface area contributed by atoms with E-state index in [1.54, 1.807) is 53.0 Å². The van der Waals surface area contributed by atoms with E-state index < -0.39 is 0 Å². The fourth-order valence-corrected chi connectivity index (χ4v) is 6.14. The van der Waals surface area contributed by atoms with Crippen LogP contribution in [0.25, 0.3) is 0 Å². The molecule has 0 fully saturated rings. The van der Waals surface area contributed by atoms with E-state index >= 15 is 0 Å². The van der Waals surface area contributed by atoms with Gasteiger partial charge in [0.2, 0.25) is 24.0 Å². The SMILES string of the molecule is CC1=[N+](C)C=CC1.CC1=[N+](C)c2ccccc2C1.C[N+]1=CCC=C1.C[N+]1=CCc2ccccc21.C[n+]1ccccc1.C[n+]1ccccn1.C[n+]1cccnc1.C[n+]1ccncc1.C[n+]1cncnc1. The van der Waals surface area contributed by atoms with Crippen molar-refractivity contribution >= 4 is 35.2 Å². The van der Waals surface area contributed by atoms with Crippen LogP contribution in [-0.2, 0) is 48.1 Å². The first-order valence-electron chi connectivity index (χ1n) is 22.8. The van der Waals surface area contributed by atoms with Gasteiger partial charge in [0.05, 0.1) is 58.1 Å². The first-order chi connectivity index (χ1) is 33.3. The molecule has 2 aromatic carbocycles. The summed E-state index contributed by atoms with van der Waals surface area (Å²) in [6.07, 6.45) is 42.4. The van der Waals surface area contributed by atoms with Crippen molar-refractivity contribution in [3.8, 4) is 0 Å². The Labute approximate surface area is 410 Å². The third-order valence-corrected chi connectivity index (χ3v) is 10.3. The Morgan fingerprint density at radius 3 is 1.45 bits per heavy atom. The molecular formula is C55H75N14+9. The Bertz CT molecular complexity index is 2480. The van der Waals surface area contributed by atoms with Gasteiger partial charge in [0.15, 0.2) is 61.9 Å². The molecule has 9 heterocycles. The smallest absolute Gasteiger partial charge is 0.252 e. The van der Waals surface area contributed by atoms with Crippen molar-refractivity contribution < 1.29 is 41.3 Å². The van der Waals surface area contributed by atoms with Gasteiger partial charge in [-0.15, -0.1) is 0 Å². The molecule has 4 aliphatic rings. The Hall–Kier alpha value is -8.00. The Kier molecular flexibility index (Phi) is 26.2. The van der Waals surface area contributed by atoms with Gasteiger partial charge < -0.3 is 0 Å². The van der Waals surface area contributed by atoms with E-state index in [4.69, 9.17) is 0 Å². The highest BCUT2D eigenvalue weighted by Crippen LogP contribution is 2.24. The lowest BCUT2D eigenvalue weighted by Crippen LogP contribution is -2.30. The van der Waals surface area contributed by atoms with Crippen LogP contribution in [0, 0.1) is 0 Å². The molecule has 11 rings (SSSR count). The predicted molar refractivity (Wildman–Crippen MR) is 272 cm³/mol. The molecular weight excluding hydrogens is 857 g/mol. The first-order valence-corrected chi connectivity index (χ1v) is 22.8. The van der Waals surface area contributed by atoms with Crippen LogP contribution >= 0.6 is 0 Å². The fraction of sp³-hybridized carbons (Fsp3) is 0.273. The van der Waals surface area contributed by atoms with Gasteiger partial charge >= 0.3 is 0 Å². The molecule has 0 aliphatic carbocycles. The molecule has 0 unspecified atom stereocenters. The lowest BCUT2D eigenvalue weighted by molar-refractivity contribution is -0.730. The van der Waals surface area contributed by atoms with Crippen LogP contribution in [0.5, 0.6) is 0 Å². The average Bonchev–Trinajstić information content (AvgIpc) is 4.17. The number of nitrogens with zero attached hydrogens (tertiary/aromatic N) is 14. The van der Waals surface area contributed by atoms with Gasteiger partial charge in [-0.3, -0.25) is 4.98 Å². The fourth-order valence-electron chi connectivity index (χ4n) is 6.14. The van der Waals surface area contributed by atoms with Gasteiger partial charge in [-0.2, -0.15) is 0 Å². The first kappa shape index (κ1) is 55.3. The number of benzene rings is 2. The Morgan fingerprint density at radius 1 is 0.449 bits per heavy atom. The second kappa shape index (κ2) is 32.6. The summed E-state index contributed by atoms with van der Waals surface area (Å²) in [7, 11) is 18.0. The number of aryl methyl sites for hydroxylation is 5. The molecule has 0 saturated heterocycles. The number of hydrogen-bond acceptors (Lipinski definition) is 5. The van der Waals surface area contributed by atoms with Crippen LogP contribution in [0.4, 0.5) is 11.4 Å². The minimum atomic E-state index is 1.09. The van der Waals surface area contributed by atoms with Gasteiger partial charge in [-0.05, 0) is 23.3 Å². The molecule has 0 spiro atoms. The van der Waals surface area contributed by atoms with Gasteiger partial charge in [0, 0.05) is 67.8 Å². The minimum absolute atomic E-state index is 1.09. The van der Waals surface area contributed by atoms with E-state index in [0.717, 1.165) is 25.7 Å². The van der Waals surface area contributed by atoms with Crippen molar-refractivity contribution in [3.05, 3.63) is 208 Å². The number of pyridine rings is 1. The monoisotopic (exact) mass is 932 g/mol. The van der Waals surface area contributed by atoms with Crippen molar-refractivity contribution in [2.45, 2.75) is 39.5 Å². The van der Waals surface area contributed by atoms with Gasteiger partial charge in [-0.1, -0.05) is 62.1 Å². The highest BCUT2D eigenvalue weighted by atomic mass is 15.2. The second-order valence-corrected chi connectivity index (χ2v) is 16.2. The summed E-state index contributed by atoms with van der Waals surface area (Å²) in [4.78, 5) is 15.1. The van der Waals surface area contributed by atoms with Gasteiger partial charge in [0.1, 0.15) is 60.9 Å². The molecule has 356 valence electrons. The largest absolute Gasteiger partial charge is 0.285 e. The third kappa shape index (κ3) is 23.8. The summed E-state index contributed by atoms with van der Waals surface area (Å²) in [5.74, 6) is 0. The van der Waals surface area contributed by atoms with Crippen molar-refractivity contribution in [1.82, 2.24) is 25.0 Å². The minimum Gasteiger partial charge on any atom is -0.252 e. The average molecular weight is 932 g/mol. The van der Waals surface area contributed by atoms with Gasteiger partial charge in [0.25, 0.3) is 12.7 Å². The number of rotatable bonds is 0. The lowest BCUT2D eigenvalue weighted by atomic mass is 10.1. The van der Waals surface area contributed by atoms with E-state index in [0.29, 0.717) is 0 Å². The van der Waals surface area contributed by atoms with Crippen molar-refractivity contribution in [1.29, 1.82) is 0 Å². The second-order valence-electron chi connectivity index (χ2n) is 16.2.